The molecule has 0 heterocycles. The van der Waals surface area contributed by atoms with E-state index in [0.717, 1.165) is 25.5 Å². The van der Waals surface area contributed by atoms with E-state index in [4.69, 9.17) is 11.6 Å². The quantitative estimate of drug-likeness (QED) is 0.315. The molecule has 0 saturated carbocycles. The maximum absolute atomic E-state index is 13.4. The number of amides is 1. The van der Waals surface area contributed by atoms with Gasteiger partial charge in [0, 0.05) is 9.50 Å². The van der Waals surface area contributed by atoms with E-state index in [9.17, 15) is 13.2 Å². The summed E-state index contributed by atoms with van der Waals surface area (Å²) >= 11 is 9.33. The van der Waals surface area contributed by atoms with Crippen LogP contribution in [-0.2, 0) is 14.8 Å². The molecule has 0 saturated heterocycles. The fourth-order valence-corrected chi connectivity index (χ4v) is 4.96. The number of hydrogen-bond acceptors (Lipinski definition) is 4. The molecule has 6 nitrogen and oxygen atoms in total. The van der Waals surface area contributed by atoms with E-state index >= 15 is 0 Å². The van der Waals surface area contributed by atoms with Gasteiger partial charge in [0.25, 0.3) is 15.9 Å². The van der Waals surface area contributed by atoms with Crippen LogP contribution in [0.5, 0.6) is 0 Å². The second kappa shape index (κ2) is 10.5. The summed E-state index contributed by atoms with van der Waals surface area (Å²) < 4.78 is 28.8. The Morgan fingerprint density at radius 1 is 1.03 bits per heavy atom. The van der Waals surface area contributed by atoms with Gasteiger partial charge in [-0.2, -0.15) is 5.10 Å². The second-order valence-corrected chi connectivity index (χ2v) is 10.7. The maximum Gasteiger partial charge on any atom is 0.264 e. The van der Waals surface area contributed by atoms with Gasteiger partial charge < -0.3 is 0 Å². The molecule has 0 aliphatic rings. The molecule has 0 aliphatic carbocycles. The zero-order valence-corrected chi connectivity index (χ0v) is 21.5. The Hall–Kier alpha value is -2.68. The Labute approximate surface area is 207 Å². The number of nitrogens with zero attached hydrogens (tertiary/aromatic N) is 2. The van der Waals surface area contributed by atoms with E-state index in [1.807, 2.05) is 44.2 Å². The summed E-state index contributed by atoms with van der Waals surface area (Å²) in [7, 11) is -4.03. The van der Waals surface area contributed by atoms with Crippen molar-refractivity contribution >= 4 is 54.9 Å². The van der Waals surface area contributed by atoms with Crippen LogP contribution in [0.2, 0.25) is 5.02 Å². The number of aryl methyl sites for hydroxylation is 2. The number of anilines is 1. The normalized spacial score (nSPS) is 11.8. The average Bonchev–Trinajstić information content (AvgIpc) is 2.78. The molecule has 3 aromatic rings. The number of nitrogens with one attached hydrogen (secondary N) is 1. The van der Waals surface area contributed by atoms with Crippen LogP contribution in [0.15, 0.2) is 81.2 Å². The van der Waals surface area contributed by atoms with Crippen LogP contribution >= 0.6 is 27.5 Å². The van der Waals surface area contributed by atoms with Crippen molar-refractivity contribution in [3.63, 3.8) is 0 Å². The van der Waals surface area contributed by atoms with Gasteiger partial charge in [0.2, 0.25) is 0 Å². The standard InChI is InChI=1S/C24H23BrClN3O3S/c1-16-7-10-22(13-17(16)2)29(33(31,32)23-11-8-21(26)9-12-23)15-24(30)28-27-18(3)19-5-4-6-20(25)14-19/h4-14H,15H2,1-3H3,(H,28,30)/b27-18-. The molecule has 1 N–H and O–H groups in total. The lowest BCUT2D eigenvalue weighted by atomic mass is 10.1. The van der Waals surface area contributed by atoms with E-state index in [1.165, 1.54) is 24.3 Å². The van der Waals surface area contributed by atoms with Crippen molar-refractivity contribution in [2.75, 3.05) is 10.8 Å². The molecular formula is C24H23BrClN3O3S. The zero-order chi connectivity index (χ0) is 24.2. The monoisotopic (exact) mass is 547 g/mol. The Balaban J connectivity index is 1.91. The topological polar surface area (TPSA) is 78.8 Å². The molecule has 0 atom stereocenters. The van der Waals surface area contributed by atoms with Gasteiger partial charge in [0.15, 0.2) is 0 Å². The van der Waals surface area contributed by atoms with Crippen molar-refractivity contribution in [3.8, 4) is 0 Å². The second-order valence-electron chi connectivity index (χ2n) is 7.48. The molecule has 0 aliphatic heterocycles. The number of hydrazone groups is 1. The summed E-state index contributed by atoms with van der Waals surface area (Å²) in [6.45, 7) is 5.14. The highest BCUT2D eigenvalue weighted by Crippen LogP contribution is 2.26. The highest BCUT2D eigenvalue weighted by Gasteiger charge is 2.27. The Bertz CT molecular complexity index is 1310. The minimum absolute atomic E-state index is 0.0340. The average molecular weight is 549 g/mol. The van der Waals surface area contributed by atoms with Crippen molar-refractivity contribution < 1.29 is 13.2 Å². The Morgan fingerprint density at radius 3 is 2.36 bits per heavy atom. The van der Waals surface area contributed by atoms with Gasteiger partial charge in [-0.25, -0.2) is 13.8 Å². The summed E-state index contributed by atoms with van der Waals surface area (Å²) in [4.78, 5) is 12.8. The number of hydrogen-bond donors (Lipinski definition) is 1. The van der Waals surface area contributed by atoms with Gasteiger partial charge in [-0.3, -0.25) is 9.10 Å². The smallest absolute Gasteiger partial charge is 0.264 e. The Morgan fingerprint density at radius 2 is 1.73 bits per heavy atom. The molecule has 9 heteroatoms. The molecule has 3 aromatic carbocycles. The van der Waals surface area contributed by atoms with Gasteiger partial charge in [-0.15, -0.1) is 0 Å². The van der Waals surface area contributed by atoms with Crippen molar-refractivity contribution in [2.24, 2.45) is 5.10 Å². The summed E-state index contributed by atoms with van der Waals surface area (Å²) in [5, 5.41) is 4.56. The van der Waals surface area contributed by atoms with Crippen LogP contribution in [0.3, 0.4) is 0 Å². The molecule has 0 fully saturated rings. The first-order valence-corrected chi connectivity index (χ1v) is 12.6. The van der Waals surface area contributed by atoms with Crippen LogP contribution in [-0.4, -0.2) is 26.6 Å². The summed E-state index contributed by atoms with van der Waals surface area (Å²) in [6.07, 6.45) is 0. The molecule has 0 spiro atoms. The van der Waals surface area contributed by atoms with Crippen LogP contribution in [0.4, 0.5) is 5.69 Å². The van der Waals surface area contributed by atoms with Crippen LogP contribution in [0, 0.1) is 13.8 Å². The Kier molecular flexibility index (Phi) is 7.94. The first-order valence-electron chi connectivity index (χ1n) is 10.0. The first kappa shape index (κ1) is 25.0. The largest absolute Gasteiger partial charge is 0.271 e. The lowest BCUT2D eigenvalue weighted by Gasteiger charge is -2.24. The molecule has 0 radical (unpaired) electrons. The molecule has 172 valence electrons. The summed E-state index contributed by atoms with van der Waals surface area (Å²) in [6, 6.07) is 18.6. The highest BCUT2D eigenvalue weighted by atomic mass is 79.9. The number of sulfonamides is 1. The van der Waals surface area contributed by atoms with Gasteiger partial charge in [0.1, 0.15) is 6.54 Å². The fraction of sp³-hybridized carbons (Fsp3) is 0.167. The molecule has 33 heavy (non-hydrogen) atoms. The molecule has 0 aromatic heterocycles. The van der Waals surface area contributed by atoms with Gasteiger partial charge in [-0.1, -0.05) is 45.7 Å². The third kappa shape index (κ3) is 6.22. The SMILES string of the molecule is C/C(=N/NC(=O)CN(c1ccc(C)c(C)c1)S(=O)(=O)c1ccc(Cl)cc1)c1cccc(Br)c1. The zero-order valence-electron chi connectivity index (χ0n) is 18.3. The van der Waals surface area contributed by atoms with Crippen LogP contribution in [0.1, 0.15) is 23.6 Å². The molecule has 1 amide bonds. The highest BCUT2D eigenvalue weighted by molar-refractivity contribution is 9.10. The van der Waals surface area contributed by atoms with Gasteiger partial charge in [-0.05, 0) is 86.0 Å². The first-order chi connectivity index (χ1) is 15.6. The van der Waals surface area contributed by atoms with E-state index in [1.54, 1.807) is 19.1 Å². The van der Waals surface area contributed by atoms with Crippen LogP contribution in [0.25, 0.3) is 0 Å². The molecule has 0 bridgehead atoms. The predicted molar refractivity (Wildman–Crippen MR) is 136 cm³/mol. The summed E-state index contributed by atoms with van der Waals surface area (Å²) in [5.41, 5.74) is 6.19. The summed E-state index contributed by atoms with van der Waals surface area (Å²) in [5.74, 6) is -0.569. The number of benzene rings is 3. The van der Waals surface area contributed by atoms with Crippen molar-refractivity contribution in [1.29, 1.82) is 0 Å². The third-order valence-corrected chi connectivity index (χ3v) is 7.59. The van der Waals surface area contributed by atoms with E-state index < -0.39 is 22.5 Å². The van der Waals surface area contributed by atoms with Gasteiger partial charge >= 0.3 is 0 Å². The molecule has 3 rings (SSSR count). The minimum Gasteiger partial charge on any atom is -0.271 e. The van der Waals surface area contributed by atoms with E-state index in [2.05, 4.69) is 26.5 Å². The van der Waals surface area contributed by atoms with E-state index in [0.29, 0.717) is 16.4 Å². The lowest BCUT2D eigenvalue weighted by molar-refractivity contribution is -0.119. The number of carbonyl (C=O) groups is 1. The number of halogens is 2. The number of carbonyl (C=O) groups excluding carboxylic acids is 1. The van der Waals surface area contributed by atoms with Crippen molar-refractivity contribution in [2.45, 2.75) is 25.7 Å². The lowest BCUT2D eigenvalue weighted by Crippen LogP contribution is -2.39. The van der Waals surface area contributed by atoms with Crippen molar-refractivity contribution in [3.05, 3.63) is 92.9 Å². The maximum atomic E-state index is 13.4. The molecule has 0 unspecified atom stereocenters. The predicted octanol–water partition coefficient (Wildman–Crippen LogP) is 5.46. The van der Waals surface area contributed by atoms with E-state index in [-0.39, 0.29) is 4.90 Å². The third-order valence-electron chi connectivity index (χ3n) is 5.06. The fourth-order valence-electron chi connectivity index (χ4n) is 3.02. The number of rotatable bonds is 7. The molecular weight excluding hydrogens is 526 g/mol. The van der Waals surface area contributed by atoms with Gasteiger partial charge in [0.05, 0.1) is 16.3 Å². The van der Waals surface area contributed by atoms with Crippen LogP contribution < -0.4 is 9.73 Å². The minimum atomic E-state index is -4.03. The van der Waals surface area contributed by atoms with Crippen molar-refractivity contribution in [1.82, 2.24) is 5.43 Å².